The van der Waals surface area contributed by atoms with Crippen molar-refractivity contribution in [3.63, 3.8) is 0 Å². The van der Waals surface area contributed by atoms with Gasteiger partial charge in [0, 0.05) is 12.6 Å². The number of nitrogens with zero attached hydrogens (tertiary/aromatic N) is 2. The van der Waals surface area contributed by atoms with Gasteiger partial charge in [-0.1, -0.05) is 85.7 Å². The van der Waals surface area contributed by atoms with E-state index in [0.717, 1.165) is 5.56 Å². The van der Waals surface area contributed by atoms with Gasteiger partial charge in [0.25, 0.3) is 5.91 Å². The highest BCUT2D eigenvalue weighted by Gasteiger charge is 2.25. The van der Waals surface area contributed by atoms with Crippen LogP contribution in [0.4, 0.5) is 0 Å². The minimum atomic E-state index is -0.799. The molecule has 1 N–H and O–H groups in total. The Bertz CT molecular complexity index is 1400. The van der Waals surface area contributed by atoms with Crippen LogP contribution in [-0.4, -0.2) is 27.5 Å². The van der Waals surface area contributed by atoms with Crippen LogP contribution in [-0.2, 0) is 17.9 Å². The van der Waals surface area contributed by atoms with E-state index in [1.807, 2.05) is 50.2 Å². The van der Waals surface area contributed by atoms with Crippen molar-refractivity contribution in [3.8, 4) is 17.1 Å². The van der Waals surface area contributed by atoms with E-state index < -0.39 is 17.7 Å². The number of hydrogen-bond donors (Lipinski definition) is 1. The zero-order chi connectivity index (χ0) is 26.2. The van der Waals surface area contributed by atoms with E-state index in [4.69, 9.17) is 9.26 Å². The molecular formula is C29H31N3O5. The maximum Gasteiger partial charge on any atom is 0.442 e. The van der Waals surface area contributed by atoms with Crippen molar-refractivity contribution < 1.29 is 20.3 Å². The third kappa shape index (κ3) is 6.82. The number of hydrogen-bond acceptors (Lipinski definition) is 6. The Morgan fingerprint density at radius 1 is 1.00 bits per heavy atom. The Hall–Kier alpha value is -4.46. The maximum absolute atomic E-state index is 13.3. The van der Waals surface area contributed by atoms with Gasteiger partial charge in [-0.3, -0.25) is 14.1 Å². The first kappa shape index (κ1) is 25.6. The molecular weight excluding hydrogens is 470 g/mol. The number of ketones is 1. The van der Waals surface area contributed by atoms with E-state index in [1.54, 1.807) is 48.5 Å². The zero-order valence-electron chi connectivity index (χ0n) is 20.8. The lowest BCUT2D eigenvalue weighted by Crippen LogP contribution is -2.44. The first-order valence-corrected chi connectivity index (χ1v) is 12.1. The first-order valence-electron chi connectivity index (χ1n) is 12.1. The summed E-state index contributed by atoms with van der Waals surface area (Å²) in [4.78, 5) is 38.7. The second kappa shape index (κ2) is 12.0. The van der Waals surface area contributed by atoms with Crippen molar-refractivity contribution >= 4 is 11.7 Å². The van der Waals surface area contributed by atoms with E-state index in [0.29, 0.717) is 29.9 Å². The van der Waals surface area contributed by atoms with Crippen LogP contribution >= 0.6 is 0 Å². The highest BCUT2D eigenvalue weighted by molar-refractivity contribution is 5.98. The molecule has 1 aromatic heterocycles. The minimum Gasteiger partial charge on any atom is -0.489 e. The number of nitrogens with one attached hydrogen (secondary N) is 1. The molecule has 0 bridgehead atoms. The molecule has 0 saturated heterocycles. The fourth-order valence-electron chi connectivity index (χ4n) is 3.92. The molecule has 0 radical (unpaired) electrons. The van der Waals surface area contributed by atoms with Gasteiger partial charge in [-0.2, -0.15) is 0 Å². The molecule has 3 aromatic carbocycles. The zero-order valence-corrected chi connectivity index (χ0v) is 20.8. The lowest BCUT2D eigenvalue weighted by atomic mass is 9.99. The van der Waals surface area contributed by atoms with Gasteiger partial charge >= 0.3 is 5.76 Å². The molecule has 0 aliphatic rings. The highest BCUT2D eigenvalue weighted by atomic mass is 16.5. The molecule has 0 saturated carbocycles. The normalized spacial score (nSPS) is 11.8. The fraction of sp³-hybridized carbons (Fsp3) is 0.241. The van der Waals surface area contributed by atoms with Gasteiger partial charge in [0.1, 0.15) is 12.4 Å². The molecule has 192 valence electrons. The number of Topliss-reactive ketones (excluding diaryl/α,β-unsaturated/α-hetero) is 1. The van der Waals surface area contributed by atoms with Gasteiger partial charge in [-0.15, -0.1) is 0 Å². The van der Waals surface area contributed by atoms with Crippen molar-refractivity contribution in [3.05, 3.63) is 107 Å². The molecule has 4 rings (SSSR count). The largest absolute Gasteiger partial charge is 0.489 e. The maximum atomic E-state index is 13.3. The number of rotatable bonds is 11. The summed E-state index contributed by atoms with van der Waals surface area (Å²) in [7, 11) is 0. The smallest absolute Gasteiger partial charge is 0.442 e. The first-order chi connectivity index (χ1) is 17.9. The topological polar surface area (TPSA) is 103 Å². The predicted octanol–water partition coefficient (Wildman–Crippen LogP) is 4.74. The van der Waals surface area contributed by atoms with E-state index in [2.05, 4.69) is 10.5 Å². The van der Waals surface area contributed by atoms with Crippen molar-refractivity contribution in [2.24, 2.45) is 5.92 Å². The average molecular weight is 502 g/mol. The Morgan fingerprint density at radius 3 is 2.41 bits per heavy atom. The quantitative estimate of drug-likeness (QED) is 0.318. The van der Waals surface area contributed by atoms with Gasteiger partial charge in [0.2, 0.25) is 0 Å². The van der Waals surface area contributed by atoms with Crippen LogP contribution < -0.4 is 15.8 Å². The molecule has 0 aliphatic heterocycles. The van der Waals surface area contributed by atoms with Crippen LogP contribution in [0.3, 0.4) is 0 Å². The summed E-state index contributed by atoms with van der Waals surface area (Å²) in [6.45, 7) is 4.03. The van der Waals surface area contributed by atoms with Gasteiger partial charge < -0.3 is 10.1 Å². The van der Waals surface area contributed by atoms with E-state index in [9.17, 15) is 14.4 Å². The second-order valence-electron chi connectivity index (χ2n) is 9.15. The van der Waals surface area contributed by atoms with Crippen molar-refractivity contribution in [2.45, 2.75) is 39.5 Å². The van der Waals surface area contributed by atoms with Crippen LogP contribution in [0, 0.1) is 5.92 Å². The van der Waals surface area contributed by atoms with E-state index in [-0.39, 0.29) is 25.5 Å². The number of amides is 1. The monoisotopic (exact) mass is 501 g/mol. The fourth-order valence-corrected chi connectivity index (χ4v) is 3.92. The standard InChI is InChI=1S/C29H29N3O5.H2/c1-20(2)16-25(26(33)18-32-27(31-37-29(32)35)22-12-7-4-8-13-22)30-28(34)23-14-9-15-24(17-23)36-19-21-10-5-3-6-11-21;/h3-15,17,20,25H,16,18-19H2,1-2H3,(H,30,34);1H/t25-;/m0./s1. The molecule has 8 heteroatoms. The number of carbonyl (C=O) groups is 2. The third-order valence-electron chi connectivity index (χ3n) is 5.78. The minimum absolute atomic E-state index is 0. The molecule has 1 heterocycles. The van der Waals surface area contributed by atoms with Crippen LogP contribution in [0.5, 0.6) is 5.75 Å². The number of carbonyl (C=O) groups excluding carboxylic acids is 2. The molecule has 4 aromatic rings. The van der Waals surface area contributed by atoms with Gasteiger partial charge in [0.05, 0.1) is 12.6 Å². The lowest BCUT2D eigenvalue weighted by molar-refractivity contribution is -0.121. The number of benzene rings is 3. The number of ether oxygens (including phenoxy) is 1. The lowest BCUT2D eigenvalue weighted by Gasteiger charge is -2.20. The summed E-state index contributed by atoms with van der Waals surface area (Å²) in [6.07, 6.45) is 0.412. The van der Waals surface area contributed by atoms with Crippen LogP contribution in [0.1, 0.15) is 37.6 Å². The highest BCUT2D eigenvalue weighted by Crippen LogP contribution is 2.18. The molecule has 0 fully saturated rings. The van der Waals surface area contributed by atoms with Gasteiger partial charge in [-0.05, 0) is 36.1 Å². The molecule has 0 unspecified atom stereocenters. The second-order valence-corrected chi connectivity index (χ2v) is 9.15. The molecule has 1 amide bonds. The molecule has 1 atom stereocenters. The van der Waals surface area contributed by atoms with Crippen LogP contribution in [0.2, 0.25) is 0 Å². The molecule has 8 nitrogen and oxygen atoms in total. The van der Waals surface area contributed by atoms with E-state index >= 15 is 0 Å². The van der Waals surface area contributed by atoms with E-state index in [1.165, 1.54) is 4.57 Å². The van der Waals surface area contributed by atoms with Crippen molar-refractivity contribution in [2.75, 3.05) is 0 Å². The summed E-state index contributed by atoms with van der Waals surface area (Å²) < 4.78 is 11.9. The van der Waals surface area contributed by atoms with Crippen LogP contribution in [0.15, 0.2) is 94.2 Å². The predicted molar refractivity (Wildman–Crippen MR) is 141 cm³/mol. The summed E-state index contributed by atoms with van der Waals surface area (Å²) in [5, 5.41) is 6.68. The molecule has 0 aliphatic carbocycles. The SMILES string of the molecule is CC(C)C[C@H](NC(=O)c1cccc(OCc2ccccc2)c1)C(=O)Cn1c(-c2ccccc2)noc1=O.[HH]. The Morgan fingerprint density at radius 2 is 1.70 bits per heavy atom. The average Bonchev–Trinajstić information content (AvgIpc) is 3.27. The Kier molecular flexibility index (Phi) is 8.30. The van der Waals surface area contributed by atoms with Gasteiger partial charge in [-0.25, -0.2) is 9.36 Å². The number of aromatic nitrogens is 2. The molecule has 0 spiro atoms. The summed E-state index contributed by atoms with van der Waals surface area (Å²) >= 11 is 0. The van der Waals surface area contributed by atoms with Crippen LogP contribution in [0.25, 0.3) is 11.4 Å². The summed E-state index contributed by atoms with van der Waals surface area (Å²) in [5.74, 6) is -0.512. The Labute approximate surface area is 216 Å². The van der Waals surface area contributed by atoms with Crippen molar-refractivity contribution in [1.29, 1.82) is 0 Å². The summed E-state index contributed by atoms with van der Waals surface area (Å²) in [5.41, 5.74) is 2.04. The molecule has 37 heavy (non-hydrogen) atoms. The Balaban J connectivity index is 0.00000400. The summed E-state index contributed by atoms with van der Waals surface area (Å²) in [6, 6.07) is 24.8. The van der Waals surface area contributed by atoms with Gasteiger partial charge in [0.15, 0.2) is 11.6 Å². The van der Waals surface area contributed by atoms with Crippen molar-refractivity contribution in [1.82, 2.24) is 15.0 Å². The third-order valence-corrected chi connectivity index (χ3v) is 5.78.